The standard InChI is InChI=1S/C16H18FN3O2S/c1-3-20-15(10-4-5-10)18-19-16(20)23-9-13(21)12-8-11(17)6-7-14(12)22-2/h6-8,10H,3-5,9H2,1-2H3. The van der Waals surface area contributed by atoms with Gasteiger partial charge in [-0.2, -0.15) is 0 Å². The van der Waals surface area contributed by atoms with Crippen LogP contribution < -0.4 is 4.74 Å². The number of rotatable bonds is 7. The monoisotopic (exact) mass is 335 g/mol. The molecule has 23 heavy (non-hydrogen) atoms. The largest absolute Gasteiger partial charge is 0.496 e. The number of methoxy groups -OCH3 is 1. The van der Waals surface area contributed by atoms with Crippen molar-refractivity contribution in [1.29, 1.82) is 0 Å². The van der Waals surface area contributed by atoms with Crippen LogP contribution in [-0.4, -0.2) is 33.4 Å². The highest BCUT2D eigenvalue weighted by molar-refractivity contribution is 7.99. The van der Waals surface area contributed by atoms with Crippen LogP contribution in [0.4, 0.5) is 4.39 Å². The third-order valence-corrected chi connectivity index (χ3v) is 4.77. The zero-order valence-corrected chi connectivity index (χ0v) is 13.9. The molecule has 1 heterocycles. The zero-order chi connectivity index (χ0) is 16.4. The summed E-state index contributed by atoms with van der Waals surface area (Å²) in [5, 5.41) is 9.17. The molecule has 0 aliphatic heterocycles. The van der Waals surface area contributed by atoms with E-state index >= 15 is 0 Å². The number of ether oxygens (including phenoxy) is 1. The van der Waals surface area contributed by atoms with Crippen molar-refractivity contribution < 1.29 is 13.9 Å². The molecule has 0 amide bonds. The van der Waals surface area contributed by atoms with Crippen LogP contribution in [0.15, 0.2) is 23.4 Å². The fourth-order valence-corrected chi connectivity index (χ4v) is 3.35. The molecule has 1 aliphatic carbocycles. The Bertz CT molecular complexity index is 728. The maximum atomic E-state index is 13.4. The van der Waals surface area contributed by atoms with Crippen LogP contribution in [0.2, 0.25) is 0 Å². The molecule has 0 unspecified atom stereocenters. The van der Waals surface area contributed by atoms with Crippen molar-refractivity contribution in [3.63, 3.8) is 0 Å². The number of ketones is 1. The number of nitrogens with zero attached hydrogens (tertiary/aromatic N) is 3. The molecule has 0 spiro atoms. The van der Waals surface area contributed by atoms with Crippen molar-refractivity contribution in [2.75, 3.05) is 12.9 Å². The minimum Gasteiger partial charge on any atom is -0.496 e. The van der Waals surface area contributed by atoms with Crippen molar-refractivity contribution >= 4 is 17.5 Å². The Morgan fingerprint density at radius 3 is 2.87 bits per heavy atom. The number of hydrogen-bond donors (Lipinski definition) is 0. The summed E-state index contributed by atoms with van der Waals surface area (Å²) in [4.78, 5) is 12.4. The van der Waals surface area contributed by atoms with Gasteiger partial charge in [0, 0.05) is 12.5 Å². The lowest BCUT2D eigenvalue weighted by Gasteiger charge is -2.08. The molecule has 1 fully saturated rings. The molecule has 5 nitrogen and oxygen atoms in total. The van der Waals surface area contributed by atoms with E-state index in [0.29, 0.717) is 11.7 Å². The summed E-state index contributed by atoms with van der Waals surface area (Å²) in [5.74, 6) is 1.42. The first-order valence-electron chi connectivity index (χ1n) is 7.56. The van der Waals surface area contributed by atoms with Gasteiger partial charge in [-0.05, 0) is 38.0 Å². The van der Waals surface area contributed by atoms with Gasteiger partial charge < -0.3 is 9.30 Å². The number of benzene rings is 1. The van der Waals surface area contributed by atoms with Gasteiger partial charge in [-0.25, -0.2) is 4.39 Å². The minimum atomic E-state index is -0.452. The van der Waals surface area contributed by atoms with E-state index in [1.54, 1.807) is 0 Å². The lowest BCUT2D eigenvalue weighted by atomic mass is 10.1. The van der Waals surface area contributed by atoms with Crippen LogP contribution >= 0.6 is 11.8 Å². The van der Waals surface area contributed by atoms with Gasteiger partial charge in [0.15, 0.2) is 10.9 Å². The first-order valence-corrected chi connectivity index (χ1v) is 8.55. The fourth-order valence-electron chi connectivity index (χ4n) is 2.45. The maximum absolute atomic E-state index is 13.4. The van der Waals surface area contributed by atoms with Crippen LogP contribution in [0.1, 0.15) is 41.9 Å². The van der Waals surface area contributed by atoms with Gasteiger partial charge in [-0.15, -0.1) is 10.2 Å². The molecule has 1 aromatic carbocycles. The SMILES string of the molecule is CCn1c(SCC(=O)c2cc(F)ccc2OC)nnc1C1CC1. The predicted octanol–water partition coefficient (Wildman–Crippen LogP) is 3.30. The van der Waals surface area contributed by atoms with Crippen molar-refractivity contribution in [2.24, 2.45) is 0 Å². The molecule has 1 saturated carbocycles. The number of carbonyl (C=O) groups is 1. The Morgan fingerprint density at radius 1 is 1.43 bits per heavy atom. The summed E-state index contributed by atoms with van der Waals surface area (Å²) < 4.78 is 20.6. The van der Waals surface area contributed by atoms with E-state index in [1.807, 2.05) is 6.92 Å². The highest BCUT2D eigenvalue weighted by atomic mass is 32.2. The van der Waals surface area contributed by atoms with E-state index in [4.69, 9.17) is 4.74 Å². The summed E-state index contributed by atoms with van der Waals surface area (Å²) >= 11 is 1.33. The number of Topliss-reactive ketones (excluding diaryl/α,β-unsaturated/α-hetero) is 1. The highest BCUT2D eigenvalue weighted by Gasteiger charge is 2.30. The summed E-state index contributed by atoms with van der Waals surface area (Å²) in [6.45, 7) is 2.81. The Labute approximate surface area is 138 Å². The number of carbonyl (C=O) groups excluding carboxylic acids is 1. The summed E-state index contributed by atoms with van der Waals surface area (Å²) in [5.41, 5.74) is 0.255. The normalized spacial score (nSPS) is 14.0. The van der Waals surface area contributed by atoms with Crippen LogP contribution in [-0.2, 0) is 6.54 Å². The van der Waals surface area contributed by atoms with E-state index in [0.717, 1.165) is 30.4 Å². The second kappa shape index (κ2) is 6.70. The molecule has 2 aromatic rings. The molecule has 1 aromatic heterocycles. The van der Waals surface area contributed by atoms with Crippen molar-refractivity contribution in [1.82, 2.24) is 14.8 Å². The van der Waals surface area contributed by atoms with Gasteiger partial charge in [0.05, 0.1) is 18.4 Å². The lowest BCUT2D eigenvalue weighted by molar-refractivity contribution is 0.101. The van der Waals surface area contributed by atoms with Crippen LogP contribution in [0, 0.1) is 5.82 Å². The van der Waals surface area contributed by atoms with Crippen molar-refractivity contribution in [3.05, 3.63) is 35.4 Å². The van der Waals surface area contributed by atoms with Gasteiger partial charge in [0.2, 0.25) is 0 Å². The average molecular weight is 335 g/mol. The third-order valence-electron chi connectivity index (χ3n) is 3.80. The van der Waals surface area contributed by atoms with E-state index in [2.05, 4.69) is 14.8 Å². The summed E-state index contributed by atoms with van der Waals surface area (Å²) in [7, 11) is 1.47. The quantitative estimate of drug-likeness (QED) is 0.574. The lowest BCUT2D eigenvalue weighted by Crippen LogP contribution is -2.07. The molecule has 0 bridgehead atoms. The molecule has 0 saturated heterocycles. The topological polar surface area (TPSA) is 57.0 Å². The maximum Gasteiger partial charge on any atom is 0.191 e. The van der Waals surface area contributed by atoms with Gasteiger partial charge in [0.1, 0.15) is 17.4 Å². The molecule has 0 atom stereocenters. The number of halogens is 1. The van der Waals surface area contributed by atoms with Crippen LogP contribution in [0.25, 0.3) is 0 Å². The molecule has 0 radical (unpaired) electrons. The first-order chi connectivity index (χ1) is 11.1. The number of aromatic nitrogens is 3. The summed E-state index contributed by atoms with van der Waals surface area (Å²) in [6, 6.07) is 3.95. The molecule has 122 valence electrons. The van der Waals surface area contributed by atoms with Gasteiger partial charge >= 0.3 is 0 Å². The van der Waals surface area contributed by atoms with Gasteiger partial charge in [-0.1, -0.05) is 11.8 Å². The van der Waals surface area contributed by atoms with E-state index < -0.39 is 5.82 Å². The van der Waals surface area contributed by atoms with Gasteiger partial charge in [-0.3, -0.25) is 4.79 Å². The predicted molar refractivity (Wildman–Crippen MR) is 85.7 cm³/mol. The van der Waals surface area contributed by atoms with Gasteiger partial charge in [0.25, 0.3) is 0 Å². The van der Waals surface area contributed by atoms with E-state index in [1.165, 1.54) is 37.1 Å². The fraction of sp³-hybridized carbons (Fsp3) is 0.438. The molecule has 0 N–H and O–H groups in total. The first kappa shape index (κ1) is 16.0. The van der Waals surface area contributed by atoms with E-state index in [9.17, 15) is 9.18 Å². The second-order valence-corrected chi connectivity index (χ2v) is 6.36. The van der Waals surface area contributed by atoms with E-state index in [-0.39, 0.29) is 17.1 Å². The third kappa shape index (κ3) is 3.39. The number of thioether (sulfide) groups is 1. The number of hydrogen-bond acceptors (Lipinski definition) is 5. The highest BCUT2D eigenvalue weighted by Crippen LogP contribution is 2.40. The smallest absolute Gasteiger partial charge is 0.191 e. The molecule has 3 rings (SSSR count). The Balaban J connectivity index is 1.73. The Hall–Kier alpha value is -1.89. The molecule has 1 aliphatic rings. The Kier molecular flexibility index (Phi) is 4.66. The van der Waals surface area contributed by atoms with Crippen LogP contribution in [0.5, 0.6) is 5.75 Å². The molecule has 7 heteroatoms. The van der Waals surface area contributed by atoms with Crippen LogP contribution in [0.3, 0.4) is 0 Å². The molecular weight excluding hydrogens is 317 g/mol. The van der Waals surface area contributed by atoms with Crippen molar-refractivity contribution in [3.8, 4) is 5.75 Å². The minimum absolute atomic E-state index is 0.169. The molecular formula is C16H18FN3O2S. The summed E-state index contributed by atoms with van der Waals surface area (Å²) in [6.07, 6.45) is 2.31. The Morgan fingerprint density at radius 2 is 2.22 bits per heavy atom. The van der Waals surface area contributed by atoms with Crippen molar-refractivity contribution in [2.45, 2.75) is 37.4 Å². The zero-order valence-electron chi connectivity index (χ0n) is 13.1. The average Bonchev–Trinajstić information content (AvgIpc) is 3.32. The second-order valence-electron chi connectivity index (χ2n) is 5.42.